The first-order valence-corrected chi connectivity index (χ1v) is 5.85. The highest BCUT2D eigenvalue weighted by Gasteiger charge is 2.45. The molecule has 0 radical (unpaired) electrons. The van der Waals surface area contributed by atoms with Crippen molar-refractivity contribution >= 4 is 5.91 Å². The second kappa shape index (κ2) is 4.10. The summed E-state index contributed by atoms with van der Waals surface area (Å²) in [4.78, 5) is 14.0. The highest BCUT2D eigenvalue weighted by molar-refractivity contribution is 5.84. The van der Waals surface area contributed by atoms with Crippen molar-refractivity contribution in [2.24, 2.45) is 11.1 Å². The molecule has 2 aliphatic rings. The molecule has 1 aliphatic heterocycles. The fraction of sp³-hybridized carbons (Fsp3) is 0.909. The Hall–Kier alpha value is -0.610. The monoisotopic (exact) mass is 212 g/mol. The number of β-amino-alcohol motifs (C(OH)–C–C–N with tert-alkyl or cyclic N) is 1. The number of amides is 1. The van der Waals surface area contributed by atoms with E-state index in [-0.39, 0.29) is 17.4 Å². The van der Waals surface area contributed by atoms with Crippen LogP contribution in [0.15, 0.2) is 0 Å². The largest absolute Gasteiger partial charge is 0.391 e. The van der Waals surface area contributed by atoms with Gasteiger partial charge in [-0.15, -0.1) is 0 Å². The topological polar surface area (TPSA) is 66.6 Å². The van der Waals surface area contributed by atoms with E-state index in [4.69, 9.17) is 5.73 Å². The normalized spacial score (nSPS) is 29.7. The number of hydrogen-bond donors (Lipinski definition) is 2. The lowest BCUT2D eigenvalue weighted by atomic mass is 9.67. The molecular weight excluding hydrogens is 192 g/mol. The first-order chi connectivity index (χ1) is 7.18. The molecule has 15 heavy (non-hydrogen) atoms. The Bertz CT molecular complexity index is 245. The molecule has 4 heteroatoms. The minimum absolute atomic E-state index is 0.176. The van der Waals surface area contributed by atoms with E-state index in [1.165, 1.54) is 0 Å². The number of nitrogens with two attached hydrogens (primary N) is 1. The summed E-state index contributed by atoms with van der Waals surface area (Å²) in [5.74, 6) is 0.176. The number of aliphatic hydroxyl groups excluding tert-OH is 1. The zero-order valence-corrected chi connectivity index (χ0v) is 9.11. The number of carbonyl (C=O) groups is 1. The van der Waals surface area contributed by atoms with Gasteiger partial charge in [0.05, 0.1) is 11.5 Å². The smallest absolute Gasteiger partial charge is 0.230 e. The molecule has 3 N–H and O–H groups in total. The lowest BCUT2D eigenvalue weighted by Crippen LogP contribution is -2.54. The van der Waals surface area contributed by atoms with Gasteiger partial charge < -0.3 is 15.7 Å². The summed E-state index contributed by atoms with van der Waals surface area (Å²) in [5, 5.41) is 9.53. The van der Waals surface area contributed by atoms with Crippen LogP contribution in [0.2, 0.25) is 0 Å². The van der Waals surface area contributed by atoms with Gasteiger partial charge in [0.2, 0.25) is 5.91 Å². The molecule has 1 heterocycles. The minimum Gasteiger partial charge on any atom is -0.391 e. The molecule has 1 saturated heterocycles. The van der Waals surface area contributed by atoms with Crippen molar-refractivity contribution in [1.82, 2.24) is 4.90 Å². The SMILES string of the molecule is NCC1(C(=O)N2CCC[C@H](O)C2)CCC1. The second-order valence-electron chi connectivity index (χ2n) is 4.89. The van der Waals surface area contributed by atoms with Crippen LogP contribution in [0.25, 0.3) is 0 Å². The number of hydrogen-bond acceptors (Lipinski definition) is 3. The molecule has 0 spiro atoms. The molecule has 1 aliphatic carbocycles. The van der Waals surface area contributed by atoms with Crippen LogP contribution in [0.1, 0.15) is 32.1 Å². The maximum atomic E-state index is 12.2. The van der Waals surface area contributed by atoms with Crippen molar-refractivity contribution in [1.29, 1.82) is 0 Å². The van der Waals surface area contributed by atoms with Gasteiger partial charge in [0.15, 0.2) is 0 Å². The third-order valence-electron chi connectivity index (χ3n) is 3.84. The Morgan fingerprint density at radius 1 is 1.47 bits per heavy atom. The van der Waals surface area contributed by atoms with Gasteiger partial charge in [-0.1, -0.05) is 6.42 Å². The summed E-state index contributed by atoms with van der Waals surface area (Å²) in [6.07, 6.45) is 4.36. The lowest BCUT2D eigenvalue weighted by Gasteiger charge is -2.44. The Balaban J connectivity index is 2.00. The highest BCUT2D eigenvalue weighted by Crippen LogP contribution is 2.41. The fourth-order valence-corrected chi connectivity index (χ4v) is 2.58. The quantitative estimate of drug-likeness (QED) is 0.682. The van der Waals surface area contributed by atoms with Crippen molar-refractivity contribution in [3.63, 3.8) is 0 Å². The van der Waals surface area contributed by atoms with Gasteiger partial charge >= 0.3 is 0 Å². The molecular formula is C11H20N2O2. The van der Waals surface area contributed by atoms with E-state index in [2.05, 4.69) is 0 Å². The maximum Gasteiger partial charge on any atom is 0.230 e. The summed E-state index contributed by atoms with van der Waals surface area (Å²) in [6.45, 7) is 1.75. The first-order valence-electron chi connectivity index (χ1n) is 5.85. The Kier molecular flexibility index (Phi) is 2.98. The molecule has 2 fully saturated rings. The Morgan fingerprint density at radius 3 is 2.67 bits per heavy atom. The summed E-state index contributed by atoms with van der Waals surface area (Å²) >= 11 is 0. The number of likely N-dealkylation sites (tertiary alicyclic amines) is 1. The molecule has 1 saturated carbocycles. The lowest BCUT2D eigenvalue weighted by molar-refractivity contribution is -0.149. The zero-order valence-electron chi connectivity index (χ0n) is 9.11. The van der Waals surface area contributed by atoms with E-state index in [9.17, 15) is 9.90 Å². The molecule has 0 unspecified atom stereocenters. The van der Waals surface area contributed by atoms with Crippen LogP contribution in [0.5, 0.6) is 0 Å². The summed E-state index contributed by atoms with van der Waals surface area (Å²) < 4.78 is 0. The van der Waals surface area contributed by atoms with E-state index in [1.54, 1.807) is 4.90 Å². The molecule has 1 amide bonds. The van der Waals surface area contributed by atoms with Gasteiger partial charge in [0, 0.05) is 19.6 Å². The average Bonchev–Trinajstić information content (AvgIpc) is 2.17. The number of piperidine rings is 1. The predicted molar refractivity (Wildman–Crippen MR) is 57.2 cm³/mol. The number of carbonyl (C=O) groups excluding carboxylic acids is 1. The van der Waals surface area contributed by atoms with E-state index in [1.807, 2.05) is 0 Å². The van der Waals surface area contributed by atoms with Crippen LogP contribution >= 0.6 is 0 Å². The van der Waals surface area contributed by atoms with E-state index in [0.717, 1.165) is 38.6 Å². The Morgan fingerprint density at radius 2 is 2.20 bits per heavy atom. The third kappa shape index (κ3) is 1.88. The molecule has 86 valence electrons. The predicted octanol–water partition coefficient (Wildman–Crippen LogP) is 0.0987. The van der Waals surface area contributed by atoms with Crippen molar-refractivity contribution in [2.45, 2.75) is 38.2 Å². The van der Waals surface area contributed by atoms with Crippen molar-refractivity contribution in [2.75, 3.05) is 19.6 Å². The Labute approximate surface area is 90.4 Å². The van der Waals surface area contributed by atoms with E-state index in [0.29, 0.717) is 13.1 Å². The van der Waals surface area contributed by atoms with Crippen LogP contribution in [-0.4, -0.2) is 41.7 Å². The van der Waals surface area contributed by atoms with Gasteiger partial charge in [0.25, 0.3) is 0 Å². The van der Waals surface area contributed by atoms with Crippen LogP contribution < -0.4 is 5.73 Å². The molecule has 0 aromatic carbocycles. The molecule has 4 nitrogen and oxygen atoms in total. The molecule has 1 atom stereocenters. The minimum atomic E-state index is -0.336. The van der Waals surface area contributed by atoms with Crippen LogP contribution in [0.4, 0.5) is 0 Å². The first kappa shape index (κ1) is 10.9. The van der Waals surface area contributed by atoms with Crippen molar-refractivity contribution < 1.29 is 9.90 Å². The van der Waals surface area contributed by atoms with Gasteiger partial charge in [0.1, 0.15) is 0 Å². The summed E-state index contributed by atoms with van der Waals surface area (Å²) in [7, 11) is 0. The third-order valence-corrected chi connectivity index (χ3v) is 3.84. The van der Waals surface area contributed by atoms with Crippen molar-refractivity contribution in [3.8, 4) is 0 Å². The molecule has 2 rings (SSSR count). The van der Waals surface area contributed by atoms with Gasteiger partial charge in [-0.05, 0) is 25.7 Å². The highest BCUT2D eigenvalue weighted by atomic mass is 16.3. The van der Waals surface area contributed by atoms with Crippen LogP contribution in [-0.2, 0) is 4.79 Å². The zero-order chi connectivity index (χ0) is 10.9. The molecule has 0 aromatic heterocycles. The average molecular weight is 212 g/mol. The number of aliphatic hydroxyl groups is 1. The standard InChI is InChI=1S/C11H20N2O2/c12-8-11(4-2-5-11)10(15)13-6-1-3-9(14)7-13/h9,14H,1-8,12H2/t9-/m0/s1. The molecule has 0 aromatic rings. The maximum absolute atomic E-state index is 12.2. The number of nitrogens with zero attached hydrogens (tertiary/aromatic N) is 1. The molecule has 0 bridgehead atoms. The van der Waals surface area contributed by atoms with Gasteiger partial charge in [-0.25, -0.2) is 0 Å². The van der Waals surface area contributed by atoms with Gasteiger partial charge in [-0.2, -0.15) is 0 Å². The summed E-state index contributed by atoms with van der Waals surface area (Å²) in [6, 6.07) is 0. The fourth-order valence-electron chi connectivity index (χ4n) is 2.58. The van der Waals surface area contributed by atoms with Crippen LogP contribution in [0.3, 0.4) is 0 Å². The number of rotatable bonds is 2. The summed E-state index contributed by atoms with van der Waals surface area (Å²) in [5.41, 5.74) is 5.42. The second-order valence-corrected chi connectivity index (χ2v) is 4.89. The van der Waals surface area contributed by atoms with E-state index >= 15 is 0 Å². The van der Waals surface area contributed by atoms with Gasteiger partial charge in [-0.3, -0.25) is 4.79 Å². The van der Waals surface area contributed by atoms with Crippen molar-refractivity contribution in [3.05, 3.63) is 0 Å². The van der Waals surface area contributed by atoms with E-state index < -0.39 is 0 Å². The van der Waals surface area contributed by atoms with Crippen LogP contribution in [0, 0.1) is 5.41 Å².